The number of rotatable bonds is 6. The molecule has 106 valence electrons. The van der Waals surface area contributed by atoms with Crippen LogP contribution in [-0.4, -0.2) is 12.6 Å². The highest BCUT2D eigenvalue weighted by molar-refractivity contribution is 5.32. The molecule has 1 saturated carbocycles. The van der Waals surface area contributed by atoms with E-state index in [0.29, 0.717) is 11.5 Å². The van der Waals surface area contributed by atoms with Gasteiger partial charge >= 0.3 is 0 Å². The monoisotopic (exact) mass is 259 g/mol. The van der Waals surface area contributed by atoms with E-state index in [2.05, 4.69) is 57.3 Å². The van der Waals surface area contributed by atoms with E-state index < -0.39 is 0 Å². The number of hydrogen-bond acceptors (Lipinski definition) is 1. The molecule has 0 spiro atoms. The molecule has 0 bridgehead atoms. The van der Waals surface area contributed by atoms with E-state index in [9.17, 15) is 0 Å². The highest BCUT2D eigenvalue weighted by atomic mass is 14.9. The summed E-state index contributed by atoms with van der Waals surface area (Å²) in [6.45, 7) is 10.1. The van der Waals surface area contributed by atoms with Gasteiger partial charge in [-0.2, -0.15) is 0 Å². The average Bonchev–Trinajstić information content (AvgIpc) is 2.33. The van der Waals surface area contributed by atoms with Gasteiger partial charge in [0, 0.05) is 18.0 Å². The summed E-state index contributed by atoms with van der Waals surface area (Å²) < 4.78 is 0. The first-order valence-corrected chi connectivity index (χ1v) is 7.86. The first-order chi connectivity index (χ1) is 9.05. The molecule has 1 N–H and O–H groups in total. The van der Waals surface area contributed by atoms with Crippen LogP contribution in [-0.2, 0) is 5.41 Å². The van der Waals surface area contributed by atoms with E-state index in [0.717, 1.165) is 12.5 Å². The maximum atomic E-state index is 3.66. The molecule has 1 fully saturated rings. The fourth-order valence-electron chi connectivity index (χ4n) is 3.45. The highest BCUT2D eigenvalue weighted by Crippen LogP contribution is 2.49. The Hall–Kier alpha value is -0.820. The normalized spacial score (nSPS) is 26.5. The summed E-state index contributed by atoms with van der Waals surface area (Å²) in [4.78, 5) is 0. The van der Waals surface area contributed by atoms with E-state index in [4.69, 9.17) is 0 Å². The number of nitrogens with one attached hydrogen (secondary N) is 1. The molecular weight excluding hydrogens is 230 g/mol. The Kier molecular flexibility index (Phi) is 4.67. The van der Waals surface area contributed by atoms with Crippen LogP contribution < -0.4 is 5.32 Å². The predicted molar refractivity (Wildman–Crippen MR) is 83.6 cm³/mol. The molecule has 1 heteroatoms. The quantitative estimate of drug-likeness (QED) is 0.796. The van der Waals surface area contributed by atoms with Gasteiger partial charge in [0.1, 0.15) is 0 Å². The molecule has 1 aliphatic carbocycles. The molecule has 1 aromatic carbocycles. The summed E-state index contributed by atoms with van der Waals surface area (Å²) in [6.07, 6.45) is 5.45. The highest BCUT2D eigenvalue weighted by Gasteiger charge is 2.44. The van der Waals surface area contributed by atoms with Crippen molar-refractivity contribution in [1.29, 1.82) is 0 Å². The molecular formula is C18H29N. The SMILES string of the molecule is CCCC1CC(CNC(C)C)(c2ccc(C)cc2)C1. The molecule has 0 saturated heterocycles. The Morgan fingerprint density at radius 3 is 2.37 bits per heavy atom. The number of hydrogen-bond donors (Lipinski definition) is 1. The van der Waals surface area contributed by atoms with Gasteiger partial charge in [0.15, 0.2) is 0 Å². The Bertz CT molecular complexity index is 385. The van der Waals surface area contributed by atoms with Crippen molar-refractivity contribution >= 4 is 0 Å². The van der Waals surface area contributed by atoms with Crippen molar-refractivity contribution in [2.45, 2.75) is 64.8 Å². The van der Waals surface area contributed by atoms with Gasteiger partial charge in [-0.15, -0.1) is 0 Å². The van der Waals surface area contributed by atoms with Gasteiger partial charge in [-0.1, -0.05) is 63.4 Å². The second kappa shape index (κ2) is 6.09. The minimum atomic E-state index is 0.401. The molecule has 2 rings (SSSR count). The van der Waals surface area contributed by atoms with Gasteiger partial charge in [-0.25, -0.2) is 0 Å². The summed E-state index contributed by atoms with van der Waals surface area (Å²) >= 11 is 0. The maximum absolute atomic E-state index is 3.66. The van der Waals surface area contributed by atoms with Gasteiger partial charge in [0.05, 0.1) is 0 Å². The molecule has 19 heavy (non-hydrogen) atoms. The number of benzene rings is 1. The Labute approximate surface area is 118 Å². The van der Waals surface area contributed by atoms with Crippen LogP contribution >= 0.6 is 0 Å². The minimum absolute atomic E-state index is 0.401. The van der Waals surface area contributed by atoms with E-state index >= 15 is 0 Å². The molecule has 0 radical (unpaired) electrons. The molecule has 0 aromatic heterocycles. The standard InChI is InChI=1S/C18H29N/c1-5-6-16-11-18(12-16,13-19-14(2)3)17-9-7-15(4)8-10-17/h7-10,14,16,19H,5-6,11-13H2,1-4H3. The lowest BCUT2D eigenvalue weighted by Gasteiger charge is -2.49. The van der Waals surface area contributed by atoms with Gasteiger partial charge in [-0.05, 0) is 31.2 Å². The smallest absolute Gasteiger partial charge is 0.00831 e. The Morgan fingerprint density at radius 1 is 1.21 bits per heavy atom. The topological polar surface area (TPSA) is 12.0 Å². The Balaban J connectivity index is 2.09. The van der Waals surface area contributed by atoms with Crippen LogP contribution in [0.2, 0.25) is 0 Å². The lowest BCUT2D eigenvalue weighted by atomic mass is 9.57. The zero-order valence-corrected chi connectivity index (χ0v) is 13.0. The van der Waals surface area contributed by atoms with Crippen LogP contribution in [0, 0.1) is 12.8 Å². The summed E-state index contributed by atoms with van der Waals surface area (Å²) in [7, 11) is 0. The maximum Gasteiger partial charge on any atom is 0.00831 e. The lowest BCUT2D eigenvalue weighted by molar-refractivity contribution is 0.126. The van der Waals surface area contributed by atoms with Crippen molar-refractivity contribution < 1.29 is 0 Å². The van der Waals surface area contributed by atoms with Crippen LogP contribution in [0.3, 0.4) is 0 Å². The van der Waals surface area contributed by atoms with Gasteiger partial charge in [-0.3, -0.25) is 0 Å². The summed E-state index contributed by atoms with van der Waals surface area (Å²) in [5.74, 6) is 0.945. The predicted octanol–water partition coefficient (Wildman–Crippen LogP) is 4.44. The molecule has 0 heterocycles. The third-order valence-corrected chi connectivity index (χ3v) is 4.57. The van der Waals surface area contributed by atoms with Crippen LogP contribution in [0.25, 0.3) is 0 Å². The summed E-state index contributed by atoms with van der Waals surface area (Å²) in [5.41, 5.74) is 3.30. The zero-order valence-electron chi connectivity index (χ0n) is 13.0. The zero-order chi connectivity index (χ0) is 13.9. The van der Waals surface area contributed by atoms with E-state index in [1.54, 1.807) is 5.56 Å². The second-order valence-corrected chi connectivity index (χ2v) is 6.74. The van der Waals surface area contributed by atoms with Crippen molar-refractivity contribution in [3.05, 3.63) is 35.4 Å². The summed E-state index contributed by atoms with van der Waals surface area (Å²) in [6, 6.07) is 9.80. The number of aryl methyl sites for hydroxylation is 1. The van der Waals surface area contributed by atoms with Crippen molar-refractivity contribution in [2.75, 3.05) is 6.54 Å². The van der Waals surface area contributed by atoms with Crippen molar-refractivity contribution in [1.82, 2.24) is 5.32 Å². The first-order valence-electron chi connectivity index (χ1n) is 7.86. The third kappa shape index (κ3) is 3.39. The van der Waals surface area contributed by atoms with E-state index in [1.165, 1.54) is 31.2 Å². The summed E-state index contributed by atoms with van der Waals surface area (Å²) in [5, 5.41) is 3.66. The molecule has 1 aliphatic rings. The molecule has 0 aliphatic heterocycles. The third-order valence-electron chi connectivity index (χ3n) is 4.57. The fourth-order valence-corrected chi connectivity index (χ4v) is 3.45. The lowest BCUT2D eigenvalue weighted by Crippen LogP contribution is -2.49. The molecule has 1 nitrogen and oxygen atoms in total. The molecule has 0 unspecified atom stereocenters. The van der Waals surface area contributed by atoms with E-state index in [1.807, 2.05) is 0 Å². The molecule has 0 atom stereocenters. The van der Waals surface area contributed by atoms with Crippen LogP contribution in [0.5, 0.6) is 0 Å². The van der Waals surface area contributed by atoms with Crippen molar-refractivity contribution in [3.63, 3.8) is 0 Å². The first kappa shape index (κ1) is 14.6. The van der Waals surface area contributed by atoms with Crippen molar-refractivity contribution in [2.24, 2.45) is 5.92 Å². The van der Waals surface area contributed by atoms with Crippen molar-refractivity contribution in [3.8, 4) is 0 Å². The second-order valence-electron chi connectivity index (χ2n) is 6.74. The largest absolute Gasteiger partial charge is 0.314 e. The van der Waals surface area contributed by atoms with Crippen LogP contribution in [0.1, 0.15) is 57.6 Å². The van der Waals surface area contributed by atoms with Crippen LogP contribution in [0.15, 0.2) is 24.3 Å². The molecule has 1 aromatic rings. The average molecular weight is 259 g/mol. The fraction of sp³-hybridized carbons (Fsp3) is 0.667. The van der Waals surface area contributed by atoms with Crippen LogP contribution in [0.4, 0.5) is 0 Å². The minimum Gasteiger partial charge on any atom is -0.314 e. The van der Waals surface area contributed by atoms with E-state index in [-0.39, 0.29) is 0 Å². The Morgan fingerprint density at radius 2 is 1.84 bits per heavy atom. The van der Waals surface area contributed by atoms with Gasteiger partial charge in [0.25, 0.3) is 0 Å². The van der Waals surface area contributed by atoms with Gasteiger partial charge < -0.3 is 5.32 Å². The molecule has 0 amide bonds. The van der Waals surface area contributed by atoms with Gasteiger partial charge in [0.2, 0.25) is 0 Å².